The number of hydrogen-bond acceptors (Lipinski definition) is 1. The highest BCUT2D eigenvalue weighted by molar-refractivity contribution is 4.84. The van der Waals surface area contributed by atoms with Crippen LogP contribution in [-0.2, 0) is 4.74 Å². The van der Waals surface area contributed by atoms with Gasteiger partial charge in [0.15, 0.2) is 0 Å². The summed E-state index contributed by atoms with van der Waals surface area (Å²) in [4.78, 5) is 0. The van der Waals surface area contributed by atoms with E-state index in [2.05, 4.69) is 55.4 Å². The molecule has 160 valence electrons. The molecule has 0 spiro atoms. The standard InChI is InChI=1S/C13H26O.C8H16.2C2H6/c1-12(2,3)10-7-8-11(14-9-10)13(4,5)6;1-7-3-5-8(2)6-4-7;2*1-2/h10-11H,7-9H2,1-6H3;7-8H,3-6H2,1-2H3;2*1-2H3. The van der Waals surface area contributed by atoms with Gasteiger partial charge in [-0.15, -0.1) is 0 Å². The third-order valence-electron chi connectivity index (χ3n) is 5.77. The Kier molecular flexibility index (Phi) is 15.2. The fourth-order valence-corrected chi connectivity index (χ4v) is 3.54. The van der Waals surface area contributed by atoms with Crippen LogP contribution in [0.2, 0.25) is 0 Å². The Balaban J connectivity index is 0. The first-order valence-electron chi connectivity index (χ1n) is 11.6. The first kappa shape index (κ1) is 28.2. The lowest BCUT2D eigenvalue weighted by Crippen LogP contribution is -2.39. The molecular weight excluding hydrogens is 316 g/mol. The third kappa shape index (κ3) is 12.4. The Bertz CT molecular complexity index is 259. The predicted molar refractivity (Wildman–Crippen MR) is 121 cm³/mol. The highest BCUT2D eigenvalue weighted by Crippen LogP contribution is 2.38. The van der Waals surface area contributed by atoms with Crippen LogP contribution in [0.5, 0.6) is 0 Å². The monoisotopic (exact) mass is 370 g/mol. The molecule has 2 atom stereocenters. The average molecular weight is 371 g/mol. The summed E-state index contributed by atoms with van der Waals surface area (Å²) in [5.74, 6) is 2.78. The normalized spacial score (nSPS) is 29.1. The average Bonchev–Trinajstić information content (AvgIpc) is 2.60. The molecule has 2 aliphatic rings. The zero-order valence-corrected chi connectivity index (χ0v) is 20.7. The van der Waals surface area contributed by atoms with Crippen LogP contribution in [0.4, 0.5) is 0 Å². The molecule has 1 saturated heterocycles. The van der Waals surface area contributed by atoms with E-state index in [0.29, 0.717) is 16.9 Å². The second-order valence-electron chi connectivity index (χ2n) is 10.2. The second-order valence-corrected chi connectivity index (χ2v) is 10.2. The Hall–Kier alpha value is -0.0400. The fraction of sp³-hybridized carbons (Fsp3) is 1.00. The maximum absolute atomic E-state index is 5.98. The summed E-state index contributed by atoms with van der Waals surface area (Å²) >= 11 is 0. The molecule has 0 amide bonds. The molecule has 0 radical (unpaired) electrons. The van der Waals surface area contributed by atoms with Crippen LogP contribution >= 0.6 is 0 Å². The molecular formula is C25H54O. The van der Waals surface area contributed by atoms with E-state index in [0.717, 1.165) is 24.4 Å². The van der Waals surface area contributed by atoms with Gasteiger partial charge >= 0.3 is 0 Å². The molecule has 26 heavy (non-hydrogen) atoms. The van der Waals surface area contributed by atoms with Crippen LogP contribution in [0.1, 0.15) is 122 Å². The SMILES string of the molecule is CC.CC.CC(C)(C)C1CCC(C(C)(C)C)OC1.CC1CCC(C)CC1. The van der Waals surface area contributed by atoms with E-state index in [1.54, 1.807) is 0 Å². The summed E-state index contributed by atoms with van der Waals surface area (Å²) in [6, 6.07) is 0. The summed E-state index contributed by atoms with van der Waals surface area (Å²) < 4.78 is 5.98. The van der Waals surface area contributed by atoms with Crippen molar-refractivity contribution in [2.24, 2.45) is 28.6 Å². The third-order valence-corrected chi connectivity index (χ3v) is 5.77. The lowest BCUT2D eigenvalue weighted by molar-refractivity contribution is -0.0908. The molecule has 1 heteroatoms. The summed E-state index contributed by atoms with van der Waals surface area (Å²) in [5.41, 5.74) is 0.714. The van der Waals surface area contributed by atoms with Crippen molar-refractivity contribution < 1.29 is 4.74 Å². The minimum Gasteiger partial charge on any atom is -0.377 e. The number of rotatable bonds is 0. The molecule has 0 aromatic rings. The van der Waals surface area contributed by atoms with Crippen LogP contribution < -0.4 is 0 Å². The largest absolute Gasteiger partial charge is 0.377 e. The van der Waals surface area contributed by atoms with Crippen LogP contribution in [0.25, 0.3) is 0 Å². The van der Waals surface area contributed by atoms with E-state index < -0.39 is 0 Å². The van der Waals surface area contributed by atoms with Crippen molar-refractivity contribution in [3.05, 3.63) is 0 Å². The highest BCUT2D eigenvalue weighted by atomic mass is 16.5. The molecule has 1 nitrogen and oxygen atoms in total. The minimum absolute atomic E-state index is 0.308. The van der Waals surface area contributed by atoms with Gasteiger partial charge in [-0.05, 0) is 41.4 Å². The minimum atomic E-state index is 0.308. The molecule has 0 aromatic heterocycles. The molecule has 0 N–H and O–H groups in total. The lowest BCUT2D eigenvalue weighted by atomic mass is 9.74. The van der Waals surface area contributed by atoms with Crippen molar-refractivity contribution in [2.45, 2.75) is 128 Å². The summed E-state index contributed by atoms with van der Waals surface area (Å²) in [6.45, 7) is 27.5. The van der Waals surface area contributed by atoms with E-state index in [-0.39, 0.29) is 0 Å². The summed E-state index contributed by atoms with van der Waals surface area (Å²) in [5, 5.41) is 0. The Morgan fingerprint density at radius 1 is 0.577 bits per heavy atom. The van der Waals surface area contributed by atoms with Gasteiger partial charge in [0.1, 0.15) is 0 Å². The van der Waals surface area contributed by atoms with Crippen molar-refractivity contribution in [1.29, 1.82) is 0 Å². The van der Waals surface area contributed by atoms with Crippen LogP contribution in [0, 0.1) is 28.6 Å². The van der Waals surface area contributed by atoms with Crippen molar-refractivity contribution in [1.82, 2.24) is 0 Å². The number of ether oxygens (including phenoxy) is 1. The quantitative estimate of drug-likeness (QED) is 0.414. The van der Waals surface area contributed by atoms with Gasteiger partial charge in [0.2, 0.25) is 0 Å². The zero-order chi connectivity index (χ0) is 21.0. The van der Waals surface area contributed by atoms with Crippen LogP contribution in [-0.4, -0.2) is 12.7 Å². The molecule has 1 aliphatic heterocycles. The van der Waals surface area contributed by atoms with Crippen molar-refractivity contribution in [2.75, 3.05) is 6.61 Å². The van der Waals surface area contributed by atoms with E-state index in [1.807, 2.05) is 27.7 Å². The Morgan fingerprint density at radius 2 is 0.962 bits per heavy atom. The van der Waals surface area contributed by atoms with Gasteiger partial charge in [0.05, 0.1) is 12.7 Å². The zero-order valence-electron chi connectivity index (χ0n) is 20.7. The van der Waals surface area contributed by atoms with E-state index in [9.17, 15) is 0 Å². The van der Waals surface area contributed by atoms with Gasteiger partial charge in [-0.3, -0.25) is 0 Å². The first-order chi connectivity index (χ1) is 12.0. The van der Waals surface area contributed by atoms with Gasteiger partial charge in [0, 0.05) is 0 Å². The van der Waals surface area contributed by atoms with Crippen molar-refractivity contribution in [3.8, 4) is 0 Å². The molecule has 1 aliphatic carbocycles. The van der Waals surface area contributed by atoms with Gasteiger partial charge < -0.3 is 4.74 Å². The van der Waals surface area contributed by atoms with Crippen molar-refractivity contribution in [3.63, 3.8) is 0 Å². The van der Waals surface area contributed by atoms with E-state index in [4.69, 9.17) is 4.74 Å². The Morgan fingerprint density at radius 3 is 1.19 bits per heavy atom. The lowest BCUT2D eigenvalue weighted by Gasteiger charge is -2.41. The Labute approximate surface area is 168 Å². The van der Waals surface area contributed by atoms with Crippen molar-refractivity contribution >= 4 is 0 Å². The molecule has 0 aromatic carbocycles. The maximum atomic E-state index is 5.98. The first-order valence-corrected chi connectivity index (χ1v) is 11.6. The number of hydrogen-bond donors (Lipinski definition) is 0. The van der Waals surface area contributed by atoms with Gasteiger partial charge in [-0.25, -0.2) is 0 Å². The van der Waals surface area contributed by atoms with Gasteiger partial charge in [-0.2, -0.15) is 0 Å². The smallest absolute Gasteiger partial charge is 0.0623 e. The predicted octanol–water partition coefficient (Wildman–Crippen LogP) is 8.76. The molecule has 2 rings (SSSR count). The summed E-state index contributed by atoms with van der Waals surface area (Å²) in [6.07, 6.45) is 8.91. The van der Waals surface area contributed by atoms with Gasteiger partial charge in [0.25, 0.3) is 0 Å². The second kappa shape index (κ2) is 14.0. The molecule has 2 fully saturated rings. The van der Waals surface area contributed by atoms with E-state index >= 15 is 0 Å². The van der Waals surface area contributed by atoms with Gasteiger partial charge in [-0.1, -0.05) is 109 Å². The molecule has 0 bridgehead atoms. The fourth-order valence-electron chi connectivity index (χ4n) is 3.54. The van der Waals surface area contributed by atoms with E-state index in [1.165, 1.54) is 38.5 Å². The highest BCUT2D eigenvalue weighted by Gasteiger charge is 2.34. The van der Waals surface area contributed by atoms with Crippen LogP contribution in [0.15, 0.2) is 0 Å². The van der Waals surface area contributed by atoms with Crippen LogP contribution in [0.3, 0.4) is 0 Å². The topological polar surface area (TPSA) is 9.23 Å². The molecule has 1 saturated carbocycles. The molecule has 2 unspecified atom stereocenters. The summed E-state index contributed by atoms with van der Waals surface area (Å²) in [7, 11) is 0. The maximum Gasteiger partial charge on any atom is 0.0623 e. The molecule has 1 heterocycles.